The number of thiophene rings is 1. The molecule has 3 amide bonds. The number of amides is 3. The summed E-state index contributed by atoms with van der Waals surface area (Å²) in [5.74, 6) is 0.201. The summed E-state index contributed by atoms with van der Waals surface area (Å²) < 4.78 is 6.83. The van der Waals surface area contributed by atoms with E-state index in [1.165, 1.54) is 16.6 Å². The number of carbonyl (C=O) groups excluding carboxylic acids is 2. The van der Waals surface area contributed by atoms with Crippen LogP contribution in [-0.4, -0.2) is 47.0 Å². The molecule has 2 aromatic rings. The van der Waals surface area contributed by atoms with E-state index >= 15 is 0 Å². The van der Waals surface area contributed by atoms with Crippen LogP contribution in [0.2, 0.25) is 0 Å². The van der Waals surface area contributed by atoms with Gasteiger partial charge in [0.05, 0.1) is 11.1 Å². The minimum atomic E-state index is -0.529. The lowest BCUT2D eigenvalue weighted by Crippen LogP contribution is -2.41. The van der Waals surface area contributed by atoms with Crippen molar-refractivity contribution < 1.29 is 14.3 Å². The van der Waals surface area contributed by atoms with Gasteiger partial charge < -0.3 is 10.1 Å². The second kappa shape index (κ2) is 11.1. The largest absolute Gasteiger partial charge is 0.382 e. The van der Waals surface area contributed by atoms with Gasteiger partial charge in [0.25, 0.3) is 5.56 Å². The summed E-state index contributed by atoms with van der Waals surface area (Å²) >= 11 is 2.78. The predicted octanol–water partition coefficient (Wildman–Crippen LogP) is 2.95. The zero-order chi connectivity index (χ0) is 22.4. The number of aryl methyl sites for hydroxylation is 1. The van der Waals surface area contributed by atoms with Crippen molar-refractivity contribution >= 4 is 45.3 Å². The maximum absolute atomic E-state index is 13.2. The Hall–Kier alpha value is -1.91. The van der Waals surface area contributed by atoms with Gasteiger partial charge in [-0.1, -0.05) is 18.7 Å². The van der Waals surface area contributed by atoms with Gasteiger partial charge in [0.2, 0.25) is 5.91 Å². The second-order valence-electron chi connectivity index (χ2n) is 7.62. The SMILES string of the molecule is CCOCCCNC(=O)NC(=O)CSc1nc2sc3c(c2c(=O)n1CC)CCC(C)C3. The quantitative estimate of drug-likeness (QED) is 0.335. The van der Waals surface area contributed by atoms with E-state index in [0.29, 0.717) is 43.8 Å². The van der Waals surface area contributed by atoms with Gasteiger partial charge >= 0.3 is 6.03 Å². The molecule has 31 heavy (non-hydrogen) atoms. The number of nitrogens with zero attached hydrogens (tertiary/aromatic N) is 2. The fourth-order valence-electron chi connectivity index (χ4n) is 3.65. The zero-order valence-corrected chi connectivity index (χ0v) is 19.9. The van der Waals surface area contributed by atoms with E-state index in [2.05, 4.69) is 17.6 Å². The highest BCUT2D eigenvalue weighted by molar-refractivity contribution is 7.99. The lowest BCUT2D eigenvalue weighted by atomic mass is 9.89. The fraction of sp³-hybridized carbons (Fsp3) is 0.619. The molecule has 10 heteroatoms. The van der Waals surface area contributed by atoms with Crippen molar-refractivity contribution in [2.45, 2.75) is 58.2 Å². The van der Waals surface area contributed by atoms with Gasteiger partial charge in [-0.05, 0) is 51.0 Å². The van der Waals surface area contributed by atoms with Gasteiger partial charge in [-0.25, -0.2) is 9.78 Å². The number of thioether (sulfide) groups is 1. The summed E-state index contributed by atoms with van der Waals surface area (Å²) in [5, 5.41) is 6.20. The average Bonchev–Trinajstić information content (AvgIpc) is 3.09. The molecule has 0 spiro atoms. The Labute approximate surface area is 190 Å². The normalized spacial score (nSPS) is 15.6. The molecule has 8 nitrogen and oxygen atoms in total. The Morgan fingerprint density at radius 1 is 1.35 bits per heavy atom. The van der Waals surface area contributed by atoms with Crippen LogP contribution in [0.25, 0.3) is 10.2 Å². The van der Waals surface area contributed by atoms with Crippen LogP contribution in [0.3, 0.4) is 0 Å². The van der Waals surface area contributed by atoms with E-state index in [0.717, 1.165) is 35.0 Å². The maximum atomic E-state index is 13.2. The Bertz CT molecular complexity index is 1000. The standard InChI is InChI=1S/C21H30N4O4S2/c1-4-25-19(27)17-14-8-7-13(3)11-15(14)31-18(17)24-21(25)30-12-16(26)23-20(28)22-9-6-10-29-5-2/h13H,4-12H2,1-3H3,(H2,22,23,26,28). The number of aromatic nitrogens is 2. The molecule has 0 bridgehead atoms. The average molecular weight is 467 g/mol. The molecule has 2 heterocycles. The molecule has 1 unspecified atom stereocenters. The van der Waals surface area contributed by atoms with Crippen LogP contribution in [0.5, 0.6) is 0 Å². The molecule has 0 aliphatic heterocycles. The van der Waals surface area contributed by atoms with Crippen LogP contribution in [0.15, 0.2) is 9.95 Å². The maximum Gasteiger partial charge on any atom is 0.321 e. The first kappa shape index (κ1) is 23.7. The number of ether oxygens (including phenoxy) is 1. The van der Waals surface area contributed by atoms with Crippen molar-refractivity contribution in [3.63, 3.8) is 0 Å². The van der Waals surface area contributed by atoms with Gasteiger partial charge in [-0.15, -0.1) is 11.3 Å². The molecule has 0 aromatic carbocycles. The zero-order valence-electron chi connectivity index (χ0n) is 18.3. The number of hydrogen-bond donors (Lipinski definition) is 2. The van der Waals surface area contributed by atoms with Gasteiger partial charge in [0.1, 0.15) is 4.83 Å². The molecular formula is C21H30N4O4S2. The molecule has 0 fully saturated rings. The molecule has 170 valence electrons. The minimum absolute atomic E-state index is 0.00639. The smallest absolute Gasteiger partial charge is 0.321 e. The van der Waals surface area contributed by atoms with Crippen molar-refractivity contribution in [3.8, 4) is 0 Å². The summed E-state index contributed by atoms with van der Waals surface area (Å²) in [6.45, 7) is 8.16. The summed E-state index contributed by atoms with van der Waals surface area (Å²) in [4.78, 5) is 43.9. The third kappa shape index (κ3) is 5.87. The highest BCUT2D eigenvalue weighted by atomic mass is 32.2. The summed E-state index contributed by atoms with van der Waals surface area (Å²) in [6.07, 6.45) is 3.69. The Kier molecular flexibility index (Phi) is 8.50. The molecule has 2 N–H and O–H groups in total. The fourth-order valence-corrected chi connectivity index (χ4v) is 5.94. The first-order chi connectivity index (χ1) is 14.9. The molecule has 0 radical (unpaired) electrons. The lowest BCUT2D eigenvalue weighted by molar-refractivity contribution is -0.117. The monoisotopic (exact) mass is 466 g/mol. The highest BCUT2D eigenvalue weighted by Crippen LogP contribution is 2.36. The number of fused-ring (bicyclic) bond motifs is 3. The third-order valence-corrected chi connectivity index (χ3v) is 7.36. The molecule has 0 saturated carbocycles. The van der Waals surface area contributed by atoms with Gasteiger partial charge in [-0.2, -0.15) is 0 Å². The number of rotatable bonds is 9. The number of imide groups is 1. The van der Waals surface area contributed by atoms with Gasteiger partial charge in [0.15, 0.2) is 5.16 Å². The Morgan fingerprint density at radius 3 is 2.90 bits per heavy atom. The van der Waals surface area contributed by atoms with E-state index in [9.17, 15) is 14.4 Å². The number of nitrogens with one attached hydrogen (secondary N) is 2. The van der Waals surface area contributed by atoms with Crippen molar-refractivity contribution in [1.82, 2.24) is 20.2 Å². The lowest BCUT2D eigenvalue weighted by Gasteiger charge is -2.17. The van der Waals surface area contributed by atoms with Gasteiger partial charge in [0, 0.05) is 31.2 Å². The predicted molar refractivity (Wildman–Crippen MR) is 124 cm³/mol. The second-order valence-corrected chi connectivity index (χ2v) is 9.65. The van der Waals surface area contributed by atoms with E-state index < -0.39 is 11.9 Å². The van der Waals surface area contributed by atoms with Crippen LogP contribution in [0.1, 0.15) is 44.1 Å². The van der Waals surface area contributed by atoms with Crippen LogP contribution >= 0.6 is 23.1 Å². The minimum Gasteiger partial charge on any atom is -0.382 e. The molecule has 0 saturated heterocycles. The van der Waals surface area contributed by atoms with E-state index in [1.807, 2.05) is 13.8 Å². The summed E-state index contributed by atoms with van der Waals surface area (Å²) in [6, 6.07) is -0.529. The van der Waals surface area contributed by atoms with Crippen molar-refractivity contribution in [3.05, 3.63) is 20.8 Å². The summed E-state index contributed by atoms with van der Waals surface area (Å²) in [7, 11) is 0. The van der Waals surface area contributed by atoms with Crippen LogP contribution in [0.4, 0.5) is 4.79 Å². The van der Waals surface area contributed by atoms with Crippen LogP contribution in [-0.2, 0) is 28.9 Å². The molecule has 3 rings (SSSR count). The topological polar surface area (TPSA) is 102 Å². The number of urea groups is 1. The van der Waals surface area contributed by atoms with Crippen molar-refractivity contribution in [2.24, 2.45) is 5.92 Å². The van der Waals surface area contributed by atoms with E-state index in [4.69, 9.17) is 9.72 Å². The summed E-state index contributed by atoms with van der Waals surface area (Å²) in [5.41, 5.74) is 1.13. The molecular weight excluding hydrogens is 436 g/mol. The molecule has 1 aliphatic rings. The first-order valence-electron chi connectivity index (χ1n) is 10.8. The van der Waals surface area contributed by atoms with E-state index in [-0.39, 0.29) is 11.3 Å². The highest BCUT2D eigenvalue weighted by Gasteiger charge is 2.24. The molecule has 1 atom stereocenters. The first-order valence-corrected chi connectivity index (χ1v) is 12.6. The van der Waals surface area contributed by atoms with Crippen molar-refractivity contribution in [1.29, 1.82) is 0 Å². The Balaban J connectivity index is 1.64. The van der Waals surface area contributed by atoms with E-state index in [1.54, 1.807) is 15.9 Å². The molecule has 2 aromatic heterocycles. The van der Waals surface area contributed by atoms with Gasteiger partial charge in [-0.3, -0.25) is 19.5 Å². The van der Waals surface area contributed by atoms with Crippen LogP contribution in [0, 0.1) is 5.92 Å². The molecule has 1 aliphatic carbocycles. The van der Waals surface area contributed by atoms with Crippen LogP contribution < -0.4 is 16.2 Å². The van der Waals surface area contributed by atoms with Crippen molar-refractivity contribution in [2.75, 3.05) is 25.5 Å². The third-order valence-electron chi connectivity index (χ3n) is 5.24. The Morgan fingerprint density at radius 2 is 2.16 bits per heavy atom. The number of carbonyl (C=O) groups is 2. The number of hydrogen-bond acceptors (Lipinski definition) is 7.